The summed E-state index contributed by atoms with van der Waals surface area (Å²) in [5, 5.41) is 0. The molecule has 0 N–H and O–H groups in total. The molecule has 0 saturated heterocycles. The number of carbonyl (C=O) groups is 1. The van der Waals surface area contributed by atoms with Gasteiger partial charge in [0, 0.05) is 30.5 Å². The molecule has 1 aliphatic carbocycles. The van der Waals surface area contributed by atoms with E-state index >= 15 is 0 Å². The number of alkyl halides is 3. The van der Waals surface area contributed by atoms with Gasteiger partial charge in [-0.3, -0.25) is 14.0 Å². The normalized spacial score (nSPS) is 15.5. The summed E-state index contributed by atoms with van der Waals surface area (Å²) in [7, 11) is 0. The van der Waals surface area contributed by atoms with Crippen LogP contribution in [-0.2, 0) is 17.4 Å². The second kappa shape index (κ2) is 6.21. The zero-order valence-corrected chi connectivity index (χ0v) is 15.0. The molecule has 26 heavy (non-hydrogen) atoms. The Kier molecular flexibility index (Phi) is 4.45. The summed E-state index contributed by atoms with van der Waals surface area (Å²) in [5.74, 6) is -0.142. The molecule has 2 aromatic heterocycles. The third kappa shape index (κ3) is 3.81. The highest BCUT2D eigenvalue weighted by atomic mass is 19.4. The number of hydrogen-bond acceptors (Lipinski definition) is 3. The highest BCUT2D eigenvalue weighted by Crippen LogP contribution is 2.41. The van der Waals surface area contributed by atoms with E-state index in [0.717, 1.165) is 23.3 Å². The smallest absolute Gasteiger partial charge is 0.299 e. The van der Waals surface area contributed by atoms with E-state index in [0.29, 0.717) is 12.1 Å². The molecule has 3 rings (SSSR count). The van der Waals surface area contributed by atoms with Gasteiger partial charge in [-0.25, -0.2) is 4.98 Å². The Morgan fingerprint density at radius 2 is 1.92 bits per heavy atom. The van der Waals surface area contributed by atoms with Crippen LogP contribution >= 0.6 is 0 Å². The fourth-order valence-electron chi connectivity index (χ4n) is 3.15. The number of rotatable bonds is 4. The first-order valence-electron chi connectivity index (χ1n) is 8.60. The predicted octanol–water partition coefficient (Wildman–Crippen LogP) is 4.14. The Balaban J connectivity index is 2.15. The third-order valence-corrected chi connectivity index (χ3v) is 4.35. The lowest BCUT2D eigenvalue weighted by Crippen LogP contribution is -2.27. The summed E-state index contributed by atoms with van der Waals surface area (Å²) >= 11 is 0. The molecule has 0 unspecified atom stereocenters. The Bertz CT molecular complexity index is 919. The summed E-state index contributed by atoms with van der Waals surface area (Å²) in [4.78, 5) is 29.5. The van der Waals surface area contributed by atoms with Crippen LogP contribution in [0.5, 0.6) is 0 Å². The van der Waals surface area contributed by atoms with Crippen LogP contribution < -0.4 is 5.56 Å². The van der Waals surface area contributed by atoms with Gasteiger partial charge in [0.2, 0.25) is 0 Å². The highest BCUT2D eigenvalue weighted by Gasteiger charge is 2.36. The minimum absolute atomic E-state index is 0.0357. The van der Waals surface area contributed by atoms with Crippen LogP contribution in [-0.4, -0.2) is 15.2 Å². The molecule has 1 aliphatic rings. The number of pyridine rings is 1. The fourth-order valence-corrected chi connectivity index (χ4v) is 3.15. The predicted molar refractivity (Wildman–Crippen MR) is 91.2 cm³/mol. The average molecular weight is 366 g/mol. The number of halogens is 3. The summed E-state index contributed by atoms with van der Waals surface area (Å²) in [6, 6.07) is 2.10. The first-order valence-corrected chi connectivity index (χ1v) is 8.60. The van der Waals surface area contributed by atoms with E-state index in [1.807, 2.05) is 20.8 Å². The van der Waals surface area contributed by atoms with Crippen molar-refractivity contribution in [3.8, 4) is 0 Å². The Morgan fingerprint density at radius 3 is 2.46 bits per heavy atom. The first-order chi connectivity index (χ1) is 12.0. The topological polar surface area (TPSA) is 51.4 Å². The maximum absolute atomic E-state index is 13.3. The monoisotopic (exact) mass is 366 g/mol. The quantitative estimate of drug-likeness (QED) is 0.817. The van der Waals surface area contributed by atoms with Gasteiger partial charge in [0.15, 0.2) is 5.65 Å². The summed E-state index contributed by atoms with van der Waals surface area (Å²) in [6.07, 6.45) is -1.57. The van der Waals surface area contributed by atoms with Gasteiger partial charge in [-0.05, 0) is 30.4 Å². The van der Waals surface area contributed by atoms with Crippen LogP contribution in [0.4, 0.5) is 13.2 Å². The van der Waals surface area contributed by atoms with E-state index in [1.54, 1.807) is 0 Å². The van der Waals surface area contributed by atoms with Crippen molar-refractivity contribution >= 4 is 11.4 Å². The second-order valence-corrected chi connectivity index (χ2v) is 8.12. The van der Waals surface area contributed by atoms with Crippen molar-refractivity contribution in [2.45, 2.75) is 58.5 Å². The van der Waals surface area contributed by atoms with Crippen LogP contribution in [0.1, 0.15) is 62.8 Å². The van der Waals surface area contributed by atoms with Crippen molar-refractivity contribution < 1.29 is 18.0 Å². The summed E-state index contributed by atoms with van der Waals surface area (Å²) < 4.78 is 40.8. The third-order valence-electron chi connectivity index (χ3n) is 4.35. The molecule has 0 amide bonds. The SMILES string of the molecule is CC(C)(C)CC(=O)Cc1c(C2CC2)nc2c(C(F)(F)F)cccn2c1=O. The number of ketones is 1. The summed E-state index contributed by atoms with van der Waals surface area (Å²) in [5.41, 5.74) is -1.54. The summed E-state index contributed by atoms with van der Waals surface area (Å²) in [6.45, 7) is 5.77. The van der Waals surface area contributed by atoms with Gasteiger partial charge in [0.1, 0.15) is 5.78 Å². The molecule has 4 nitrogen and oxygen atoms in total. The molecule has 1 fully saturated rings. The van der Waals surface area contributed by atoms with Crippen LogP contribution in [0.3, 0.4) is 0 Å². The highest BCUT2D eigenvalue weighted by molar-refractivity contribution is 5.81. The second-order valence-electron chi connectivity index (χ2n) is 8.12. The molecule has 7 heteroatoms. The number of hydrogen-bond donors (Lipinski definition) is 0. The van der Waals surface area contributed by atoms with Crippen LogP contribution in [0.15, 0.2) is 23.1 Å². The van der Waals surface area contributed by atoms with Gasteiger partial charge in [-0.15, -0.1) is 0 Å². The van der Waals surface area contributed by atoms with Gasteiger partial charge in [-0.1, -0.05) is 20.8 Å². The zero-order valence-electron chi connectivity index (χ0n) is 15.0. The lowest BCUT2D eigenvalue weighted by atomic mass is 9.88. The molecular formula is C19H21F3N2O2. The van der Waals surface area contributed by atoms with Crippen molar-refractivity contribution in [1.82, 2.24) is 9.38 Å². The van der Waals surface area contributed by atoms with E-state index in [1.165, 1.54) is 12.3 Å². The zero-order chi connectivity index (χ0) is 19.3. The lowest BCUT2D eigenvalue weighted by molar-refractivity contribution is -0.136. The van der Waals surface area contributed by atoms with Crippen molar-refractivity contribution in [2.75, 3.05) is 0 Å². The van der Waals surface area contributed by atoms with E-state index in [-0.39, 0.29) is 34.7 Å². The minimum atomic E-state index is -4.60. The molecule has 0 aromatic carbocycles. The Hall–Kier alpha value is -2.18. The van der Waals surface area contributed by atoms with Gasteiger partial charge in [0.05, 0.1) is 11.3 Å². The molecular weight excluding hydrogens is 345 g/mol. The molecule has 0 aliphatic heterocycles. The van der Waals surface area contributed by atoms with Gasteiger partial charge < -0.3 is 0 Å². The molecule has 0 bridgehead atoms. The average Bonchev–Trinajstić information content (AvgIpc) is 3.31. The number of Topliss-reactive ketones (excluding diaryl/α,β-unsaturated/α-hetero) is 1. The number of nitrogens with zero attached hydrogens (tertiary/aromatic N) is 2. The van der Waals surface area contributed by atoms with Gasteiger partial charge >= 0.3 is 6.18 Å². The number of carbonyl (C=O) groups excluding carboxylic acids is 1. The molecule has 2 aromatic rings. The van der Waals surface area contributed by atoms with Crippen molar-refractivity contribution in [3.05, 3.63) is 45.5 Å². The fraction of sp³-hybridized carbons (Fsp3) is 0.526. The van der Waals surface area contributed by atoms with Gasteiger partial charge in [0.25, 0.3) is 5.56 Å². The lowest BCUT2D eigenvalue weighted by Gasteiger charge is -2.18. The van der Waals surface area contributed by atoms with Gasteiger partial charge in [-0.2, -0.15) is 13.2 Å². The minimum Gasteiger partial charge on any atom is -0.299 e. The molecule has 0 spiro atoms. The van der Waals surface area contributed by atoms with E-state index in [9.17, 15) is 22.8 Å². The Morgan fingerprint density at radius 1 is 1.27 bits per heavy atom. The number of fused-ring (bicyclic) bond motifs is 1. The molecule has 1 saturated carbocycles. The standard InChI is InChI=1S/C19H21F3N2O2/c1-18(2,3)10-12(25)9-13-15(11-6-7-11)23-16-14(19(20,21)22)5-4-8-24(16)17(13)26/h4-5,8,11H,6-7,9-10H2,1-3H3. The van der Waals surface area contributed by atoms with E-state index < -0.39 is 17.3 Å². The molecule has 140 valence electrons. The number of aromatic nitrogens is 2. The first kappa shape index (κ1) is 18.6. The maximum atomic E-state index is 13.3. The Labute approximate surface area is 149 Å². The van der Waals surface area contributed by atoms with Crippen LogP contribution in [0.2, 0.25) is 0 Å². The van der Waals surface area contributed by atoms with Crippen molar-refractivity contribution in [2.24, 2.45) is 5.41 Å². The van der Waals surface area contributed by atoms with E-state index in [2.05, 4.69) is 4.98 Å². The maximum Gasteiger partial charge on any atom is 0.419 e. The van der Waals surface area contributed by atoms with E-state index in [4.69, 9.17) is 0 Å². The van der Waals surface area contributed by atoms with Crippen LogP contribution in [0.25, 0.3) is 5.65 Å². The van der Waals surface area contributed by atoms with Crippen molar-refractivity contribution in [1.29, 1.82) is 0 Å². The largest absolute Gasteiger partial charge is 0.419 e. The molecule has 2 heterocycles. The van der Waals surface area contributed by atoms with Crippen LogP contribution in [0, 0.1) is 5.41 Å². The molecule has 0 atom stereocenters. The molecule has 0 radical (unpaired) electrons. The van der Waals surface area contributed by atoms with Crippen molar-refractivity contribution in [3.63, 3.8) is 0 Å².